The molecule has 6 rings (SSSR count). The Balaban J connectivity index is 1.40. The Kier molecular flexibility index (Phi) is 4.73. The van der Waals surface area contributed by atoms with Crippen LogP contribution in [-0.4, -0.2) is 55.4 Å². The number of nitrogens with zero attached hydrogens (tertiary/aromatic N) is 7. The number of hydrogen-bond donors (Lipinski definition) is 1. The Morgan fingerprint density at radius 1 is 1.09 bits per heavy atom. The lowest BCUT2D eigenvalue weighted by Gasteiger charge is -2.27. The minimum atomic E-state index is 0.533. The number of thiophene rings is 1. The first-order chi connectivity index (χ1) is 15.8. The van der Waals surface area contributed by atoms with Gasteiger partial charge in [-0.15, -0.1) is 0 Å². The zero-order chi connectivity index (χ0) is 21.5. The van der Waals surface area contributed by atoms with Crippen LogP contribution in [0.4, 0.5) is 11.8 Å². The van der Waals surface area contributed by atoms with Crippen LogP contribution in [0.2, 0.25) is 0 Å². The fourth-order valence-corrected chi connectivity index (χ4v) is 4.64. The van der Waals surface area contributed by atoms with E-state index in [0.29, 0.717) is 31.5 Å². The highest BCUT2D eigenvalue weighted by Crippen LogP contribution is 2.27. The molecule has 1 aliphatic rings. The minimum Gasteiger partial charge on any atom is -0.378 e. The summed E-state index contributed by atoms with van der Waals surface area (Å²) in [7, 11) is 2.03. The van der Waals surface area contributed by atoms with Gasteiger partial charge in [0.1, 0.15) is 12.2 Å². The number of para-hydroxylation sites is 2. The van der Waals surface area contributed by atoms with Crippen molar-refractivity contribution >= 4 is 45.3 Å². The summed E-state index contributed by atoms with van der Waals surface area (Å²) in [6.45, 7) is 3.41. The molecule has 162 valence electrons. The van der Waals surface area contributed by atoms with Gasteiger partial charge in [-0.25, -0.2) is 9.97 Å². The van der Waals surface area contributed by atoms with E-state index in [2.05, 4.69) is 42.7 Å². The van der Waals surface area contributed by atoms with Crippen molar-refractivity contribution in [3.8, 4) is 5.69 Å². The highest BCUT2D eigenvalue weighted by atomic mass is 32.1. The molecule has 10 heteroatoms. The average molecular weight is 447 g/mol. The quantitative estimate of drug-likeness (QED) is 0.444. The minimum absolute atomic E-state index is 0.533. The number of aryl methyl sites for hydroxylation is 1. The zero-order valence-corrected chi connectivity index (χ0v) is 18.4. The number of fused-ring (bicyclic) bond motifs is 2. The Hall–Kier alpha value is -3.50. The molecule has 1 N–H and O–H groups in total. The van der Waals surface area contributed by atoms with Crippen molar-refractivity contribution in [3.05, 3.63) is 53.2 Å². The summed E-state index contributed by atoms with van der Waals surface area (Å²) < 4.78 is 9.63. The molecular formula is C22H22N8OS. The van der Waals surface area contributed by atoms with E-state index >= 15 is 0 Å². The first kappa shape index (κ1) is 19.2. The average Bonchev–Trinajstić information content (AvgIpc) is 3.57. The number of rotatable bonds is 5. The molecule has 1 fully saturated rings. The maximum atomic E-state index is 5.51. The fraction of sp³-hybridized carbons (Fsp3) is 0.273. The zero-order valence-electron chi connectivity index (χ0n) is 17.6. The SMILES string of the molecule is Cn1c(CNc2nc(N3CCOCC3)nc3c2ncn3-c2ccsc2)nc2ccccc21. The molecule has 0 amide bonds. The maximum Gasteiger partial charge on any atom is 0.229 e. The highest BCUT2D eigenvalue weighted by molar-refractivity contribution is 7.08. The molecule has 9 nitrogen and oxygen atoms in total. The number of anilines is 2. The van der Waals surface area contributed by atoms with E-state index in [-0.39, 0.29) is 0 Å². The Morgan fingerprint density at radius 2 is 1.97 bits per heavy atom. The lowest BCUT2D eigenvalue weighted by atomic mass is 10.3. The summed E-state index contributed by atoms with van der Waals surface area (Å²) in [6, 6.07) is 10.2. The Labute approximate surface area is 188 Å². The number of aromatic nitrogens is 6. The normalized spacial score (nSPS) is 14.5. The summed E-state index contributed by atoms with van der Waals surface area (Å²) in [4.78, 5) is 21.3. The van der Waals surface area contributed by atoms with E-state index < -0.39 is 0 Å². The monoisotopic (exact) mass is 446 g/mol. The molecule has 1 saturated heterocycles. The summed E-state index contributed by atoms with van der Waals surface area (Å²) in [5.74, 6) is 2.32. The number of hydrogen-bond acceptors (Lipinski definition) is 8. The fourth-order valence-electron chi connectivity index (χ4n) is 4.02. The van der Waals surface area contributed by atoms with Crippen LogP contribution in [0.3, 0.4) is 0 Å². The number of imidazole rings is 2. The predicted octanol–water partition coefficient (Wildman–Crippen LogP) is 3.21. The molecule has 1 aromatic carbocycles. The van der Waals surface area contributed by atoms with E-state index in [0.717, 1.165) is 46.8 Å². The first-order valence-corrected chi connectivity index (χ1v) is 11.5. The van der Waals surface area contributed by atoms with Gasteiger partial charge in [-0.05, 0) is 23.6 Å². The van der Waals surface area contributed by atoms with Gasteiger partial charge in [-0.1, -0.05) is 12.1 Å². The molecule has 1 aliphatic heterocycles. The molecular weight excluding hydrogens is 424 g/mol. The van der Waals surface area contributed by atoms with Crippen LogP contribution in [0.15, 0.2) is 47.4 Å². The van der Waals surface area contributed by atoms with Crippen molar-refractivity contribution < 1.29 is 4.74 Å². The van der Waals surface area contributed by atoms with Crippen molar-refractivity contribution in [1.29, 1.82) is 0 Å². The number of morpholine rings is 1. The molecule has 0 aliphatic carbocycles. The molecule has 5 aromatic rings. The van der Waals surface area contributed by atoms with Crippen LogP contribution in [0, 0.1) is 0 Å². The van der Waals surface area contributed by atoms with Crippen molar-refractivity contribution in [2.75, 3.05) is 36.5 Å². The van der Waals surface area contributed by atoms with Crippen LogP contribution in [-0.2, 0) is 18.3 Å². The smallest absolute Gasteiger partial charge is 0.229 e. The van der Waals surface area contributed by atoms with Crippen molar-refractivity contribution in [3.63, 3.8) is 0 Å². The van der Waals surface area contributed by atoms with Crippen molar-refractivity contribution in [1.82, 2.24) is 29.1 Å². The lowest BCUT2D eigenvalue weighted by Crippen LogP contribution is -2.37. The standard InChI is InChI=1S/C22H22N8OS/c1-28-17-5-3-2-4-16(17)25-18(28)12-23-20-19-21(30(14-24-19)15-6-11-32-13-15)27-22(26-20)29-7-9-31-10-8-29/h2-6,11,13-14H,7-10,12H2,1H3,(H,23,26,27). The van der Waals surface area contributed by atoms with Gasteiger partial charge in [0, 0.05) is 25.5 Å². The van der Waals surface area contributed by atoms with Crippen molar-refractivity contribution in [2.45, 2.75) is 6.54 Å². The molecule has 5 heterocycles. The van der Waals surface area contributed by atoms with Gasteiger partial charge in [0.15, 0.2) is 17.0 Å². The van der Waals surface area contributed by atoms with Crippen LogP contribution in [0.25, 0.3) is 27.9 Å². The molecule has 4 aromatic heterocycles. The number of benzene rings is 1. The molecule has 0 bridgehead atoms. The van der Waals surface area contributed by atoms with Crippen molar-refractivity contribution in [2.24, 2.45) is 7.05 Å². The second-order valence-electron chi connectivity index (χ2n) is 7.67. The summed E-state index contributed by atoms with van der Waals surface area (Å²) in [5, 5.41) is 7.62. The van der Waals surface area contributed by atoms with Gasteiger partial charge in [-0.2, -0.15) is 21.3 Å². The van der Waals surface area contributed by atoms with Crippen LogP contribution in [0.1, 0.15) is 5.82 Å². The van der Waals surface area contributed by atoms with Crippen LogP contribution < -0.4 is 10.2 Å². The first-order valence-electron chi connectivity index (χ1n) is 10.5. The summed E-state index contributed by atoms with van der Waals surface area (Å²) in [6.07, 6.45) is 1.81. The molecule has 0 radical (unpaired) electrons. The predicted molar refractivity (Wildman–Crippen MR) is 126 cm³/mol. The molecule has 0 spiro atoms. The summed E-state index contributed by atoms with van der Waals surface area (Å²) in [5.41, 5.74) is 4.66. The summed E-state index contributed by atoms with van der Waals surface area (Å²) >= 11 is 1.65. The van der Waals surface area contributed by atoms with Crippen LogP contribution >= 0.6 is 11.3 Å². The molecule has 0 unspecified atom stereocenters. The maximum absolute atomic E-state index is 5.51. The molecule has 32 heavy (non-hydrogen) atoms. The number of ether oxygens (including phenoxy) is 1. The topological polar surface area (TPSA) is 85.9 Å². The highest BCUT2D eigenvalue weighted by Gasteiger charge is 2.20. The third kappa shape index (κ3) is 3.28. The molecule has 0 atom stereocenters. The van der Waals surface area contributed by atoms with E-state index in [1.54, 1.807) is 11.3 Å². The second kappa shape index (κ2) is 7.88. The van der Waals surface area contributed by atoms with Gasteiger partial charge in [0.25, 0.3) is 0 Å². The Bertz CT molecular complexity index is 1380. The van der Waals surface area contributed by atoms with Gasteiger partial charge in [0.05, 0.1) is 36.5 Å². The van der Waals surface area contributed by atoms with Gasteiger partial charge >= 0.3 is 0 Å². The van der Waals surface area contributed by atoms with E-state index in [4.69, 9.17) is 19.7 Å². The van der Waals surface area contributed by atoms with E-state index in [1.165, 1.54) is 0 Å². The third-order valence-corrected chi connectivity index (χ3v) is 6.43. The second-order valence-corrected chi connectivity index (χ2v) is 8.45. The van der Waals surface area contributed by atoms with Gasteiger partial charge in [-0.3, -0.25) is 4.57 Å². The van der Waals surface area contributed by atoms with Crippen LogP contribution in [0.5, 0.6) is 0 Å². The number of nitrogens with one attached hydrogen (secondary N) is 1. The Morgan fingerprint density at radius 3 is 2.78 bits per heavy atom. The molecule has 0 saturated carbocycles. The van der Waals surface area contributed by atoms with Gasteiger partial charge in [0.2, 0.25) is 5.95 Å². The lowest BCUT2D eigenvalue weighted by molar-refractivity contribution is 0.122. The van der Waals surface area contributed by atoms with Gasteiger partial charge < -0.3 is 19.5 Å². The van der Waals surface area contributed by atoms with E-state index in [1.807, 2.05) is 36.1 Å². The van der Waals surface area contributed by atoms with E-state index in [9.17, 15) is 0 Å². The third-order valence-electron chi connectivity index (χ3n) is 5.76. The largest absolute Gasteiger partial charge is 0.378 e.